The Morgan fingerprint density at radius 1 is 1.21 bits per heavy atom. The summed E-state index contributed by atoms with van der Waals surface area (Å²) in [5.74, 6) is 0. The summed E-state index contributed by atoms with van der Waals surface area (Å²) < 4.78 is 43.0. The van der Waals surface area contributed by atoms with Crippen LogP contribution in [0.4, 0.5) is 13.2 Å². The van der Waals surface area contributed by atoms with E-state index in [4.69, 9.17) is 9.84 Å². The van der Waals surface area contributed by atoms with Crippen molar-refractivity contribution in [3.8, 4) is 0 Å². The highest BCUT2D eigenvalue weighted by Crippen LogP contribution is 2.28. The first-order valence-electron chi connectivity index (χ1n) is 6.08. The molecular weight excluding hydrogens is 259 g/mol. The number of benzene rings is 1. The molecule has 1 heterocycles. The topological polar surface area (TPSA) is 32.7 Å². The van der Waals surface area contributed by atoms with Gasteiger partial charge in [-0.25, -0.2) is 0 Å². The molecule has 1 aromatic rings. The third-order valence-electron chi connectivity index (χ3n) is 3.06. The van der Waals surface area contributed by atoms with Crippen LogP contribution in [0.1, 0.15) is 5.56 Å². The molecular formula is C13H16F3NO2. The second kappa shape index (κ2) is 5.90. The van der Waals surface area contributed by atoms with Crippen LogP contribution in [0, 0.1) is 0 Å². The third kappa shape index (κ3) is 3.92. The van der Waals surface area contributed by atoms with Crippen molar-refractivity contribution in [1.82, 2.24) is 4.90 Å². The van der Waals surface area contributed by atoms with Crippen LogP contribution < -0.4 is 0 Å². The van der Waals surface area contributed by atoms with Gasteiger partial charge in [-0.2, -0.15) is 13.2 Å². The lowest BCUT2D eigenvalue weighted by Gasteiger charge is -2.38. The zero-order chi connectivity index (χ0) is 13.9. The summed E-state index contributed by atoms with van der Waals surface area (Å²) in [5, 5.41) is 9.04. The molecule has 0 aliphatic carbocycles. The molecule has 0 saturated carbocycles. The van der Waals surface area contributed by atoms with Crippen molar-refractivity contribution in [2.24, 2.45) is 0 Å². The van der Waals surface area contributed by atoms with Crippen LogP contribution in [-0.2, 0) is 11.3 Å². The van der Waals surface area contributed by atoms with Gasteiger partial charge >= 0.3 is 6.18 Å². The number of nitrogens with zero attached hydrogens (tertiary/aromatic N) is 1. The van der Waals surface area contributed by atoms with Crippen LogP contribution in [-0.4, -0.2) is 48.1 Å². The fourth-order valence-corrected chi connectivity index (χ4v) is 2.17. The summed E-state index contributed by atoms with van der Waals surface area (Å²) in [7, 11) is 0. The van der Waals surface area contributed by atoms with Crippen molar-refractivity contribution in [3.05, 3.63) is 35.9 Å². The Morgan fingerprint density at radius 3 is 2.47 bits per heavy atom. The Bertz CT molecular complexity index is 397. The Morgan fingerprint density at radius 2 is 1.89 bits per heavy atom. The van der Waals surface area contributed by atoms with Crippen LogP contribution in [0.15, 0.2) is 30.3 Å². The standard InChI is InChI=1S/C13H16F3NO2/c14-13(15,16)12-8-17(7-11(9-18)19-12)6-10-4-2-1-3-5-10/h1-5,11-12,18H,6-9H2/t11-,12+/m0/s1. The molecule has 1 aliphatic heterocycles. The average molecular weight is 275 g/mol. The zero-order valence-corrected chi connectivity index (χ0v) is 10.3. The highest BCUT2D eigenvalue weighted by Gasteiger charge is 2.45. The van der Waals surface area contributed by atoms with Gasteiger partial charge in [-0.05, 0) is 5.56 Å². The monoisotopic (exact) mass is 275 g/mol. The maximum Gasteiger partial charge on any atom is 0.415 e. The minimum Gasteiger partial charge on any atom is -0.394 e. The van der Waals surface area contributed by atoms with Crippen LogP contribution >= 0.6 is 0 Å². The van der Waals surface area contributed by atoms with E-state index in [1.165, 1.54) is 0 Å². The summed E-state index contributed by atoms with van der Waals surface area (Å²) in [5.41, 5.74) is 0.946. The predicted molar refractivity (Wildman–Crippen MR) is 63.5 cm³/mol. The number of hydrogen-bond acceptors (Lipinski definition) is 3. The van der Waals surface area contributed by atoms with Crippen molar-refractivity contribution in [2.75, 3.05) is 19.7 Å². The molecule has 0 bridgehead atoms. The van der Waals surface area contributed by atoms with E-state index in [2.05, 4.69) is 0 Å². The smallest absolute Gasteiger partial charge is 0.394 e. The number of hydrogen-bond donors (Lipinski definition) is 1. The van der Waals surface area contributed by atoms with Crippen molar-refractivity contribution in [3.63, 3.8) is 0 Å². The summed E-state index contributed by atoms with van der Waals surface area (Å²) in [4.78, 5) is 1.66. The number of morpholine rings is 1. The molecule has 0 aromatic heterocycles. The van der Waals surface area contributed by atoms with Crippen LogP contribution in [0.25, 0.3) is 0 Å². The van der Waals surface area contributed by atoms with Gasteiger partial charge in [0, 0.05) is 19.6 Å². The number of aliphatic hydroxyl groups is 1. The molecule has 1 saturated heterocycles. The summed E-state index contributed by atoms with van der Waals surface area (Å²) in [6.45, 7) is 0.123. The largest absolute Gasteiger partial charge is 0.415 e. The molecule has 0 amide bonds. The normalized spacial score (nSPS) is 25.5. The summed E-state index contributed by atoms with van der Waals surface area (Å²) >= 11 is 0. The molecule has 19 heavy (non-hydrogen) atoms. The number of ether oxygens (including phenoxy) is 1. The first-order chi connectivity index (χ1) is 8.99. The van der Waals surface area contributed by atoms with E-state index in [-0.39, 0.29) is 6.54 Å². The second-order valence-electron chi connectivity index (χ2n) is 4.65. The first-order valence-corrected chi connectivity index (χ1v) is 6.08. The average Bonchev–Trinajstić information content (AvgIpc) is 2.38. The lowest BCUT2D eigenvalue weighted by atomic mass is 10.1. The molecule has 6 heteroatoms. The van der Waals surface area contributed by atoms with Crippen molar-refractivity contribution < 1.29 is 23.0 Å². The number of alkyl halides is 3. The van der Waals surface area contributed by atoms with E-state index in [0.717, 1.165) is 5.56 Å². The number of aliphatic hydroxyl groups excluding tert-OH is 1. The molecule has 1 fully saturated rings. The predicted octanol–water partition coefficient (Wildman–Crippen LogP) is 1.81. The molecule has 3 nitrogen and oxygen atoms in total. The Hall–Kier alpha value is -1.11. The van der Waals surface area contributed by atoms with E-state index in [9.17, 15) is 13.2 Å². The van der Waals surface area contributed by atoms with E-state index >= 15 is 0 Å². The van der Waals surface area contributed by atoms with Crippen molar-refractivity contribution in [1.29, 1.82) is 0 Å². The van der Waals surface area contributed by atoms with Gasteiger partial charge in [0.2, 0.25) is 0 Å². The highest BCUT2D eigenvalue weighted by atomic mass is 19.4. The van der Waals surface area contributed by atoms with Crippen molar-refractivity contribution >= 4 is 0 Å². The fourth-order valence-electron chi connectivity index (χ4n) is 2.17. The van der Waals surface area contributed by atoms with Gasteiger partial charge in [0.05, 0.1) is 12.7 Å². The molecule has 0 spiro atoms. The van der Waals surface area contributed by atoms with E-state index in [0.29, 0.717) is 13.1 Å². The van der Waals surface area contributed by atoms with Crippen molar-refractivity contribution in [2.45, 2.75) is 24.9 Å². The van der Waals surface area contributed by atoms with Gasteiger partial charge in [0.15, 0.2) is 6.10 Å². The SMILES string of the molecule is OC[C@@H]1CN(Cc2ccccc2)C[C@H](C(F)(F)F)O1. The molecule has 106 valence electrons. The molecule has 1 aliphatic rings. The van der Waals surface area contributed by atoms with Gasteiger partial charge in [-0.3, -0.25) is 4.90 Å². The molecule has 2 atom stereocenters. The Labute approximate surface area is 109 Å². The molecule has 0 unspecified atom stereocenters. The lowest BCUT2D eigenvalue weighted by Crippen LogP contribution is -2.53. The first kappa shape index (κ1) is 14.3. The highest BCUT2D eigenvalue weighted by molar-refractivity contribution is 5.14. The minimum absolute atomic E-state index is 0.200. The zero-order valence-electron chi connectivity index (χ0n) is 10.3. The van der Waals surface area contributed by atoms with E-state index in [1.807, 2.05) is 30.3 Å². The molecule has 1 N–H and O–H groups in total. The summed E-state index contributed by atoms with van der Waals surface area (Å²) in [6, 6.07) is 9.29. The van der Waals surface area contributed by atoms with E-state index in [1.54, 1.807) is 4.90 Å². The number of halogens is 3. The van der Waals surface area contributed by atoms with Gasteiger partial charge in [0.1, 0.15) is 0 Å². The molecule has 0 radical (unpaired) electrons. The Balaban J connectivity index is 2.03. The lowest BCUT2D eigenvalue weighted by molar-refractivity contribution is -0.257. The quantitative estimate of drug-likeness (QED) is 0.913. The maximum atomic E-state index is 12.7. The van der Waals surface area contributed by atoms with Crippen LogP contribution in [0.2, 0.25) is 0 Å². The third-order valence-corrected chi connectivity index (χ3v) is 3.06. The minimum atomic E-state index is -4.40. The van der Waals surface area contributed by atoms with Gasteiger partial charge in [0.25, 0.3) is 0 Å². The van der Waals surface area contributed by atoms with Crippen LogP contribution in [0.3, 0.4) is 0 Å². The number of rotatable bonds is 3. The van der Waals surface area contributed by atoms with Gasteiger partial charge in [-0.15, -0.1) is 0 Å². The maximum absolute atomic E-state index is 12.7. The van der Waals surface area contributed by atoms with Crippen LogP contribution in [0.5, 0.6) is 0 Å². The molecule has 2 rings (SSSR count). The summed E-state index contributed by atoms with van der Waals surface area (Å²) in [6.07, 6.45) is -7.02. The second-order valence-corrected chi connectivity index (χ2v) is 4.65. The fraction of sp³-hybridized carbons (Fsp3) is 0.538. The molecule has 1 aromatic carbocycles. The van der Waals surface area contributed by atoms with E-state index < -0.39 is 25.0 Å². The Kier molecular flexibility index (Phi) is 4.44. The van der Waals surface area contributed by atoms with Gasteiger partial charge < -0.3 is 9.84 Å². The van der Waals surface area contributed by atoms with Gasteiger partial charge in [-0.1, -0.05) is 30.3 Å².